The van der Waals surface area contributed by atoms with E-state index in [0.29, 0.717) is 0 Å². The van der Waals surface area contributed by atoms with Crippen molar-refractivity contribution in [2.45, 2.75) is 18.8 Å². The molecule has 1 radical (unpaired) electrons. The molecule has 0 aromatic heterocycles. The van der Waals surface area contributed by atoms with Crippen LogP contribution in [0.1, 0.15) is 5.56 Å². The van der Waals surface area contributed by atoms with Crippen LogP contribution in [0.4, 0.5) is 0 Å². The fraction of sp³-hybridized carbons (Fsp3) is 0.333. The molecule has 0 heterocycles. The smallest absolute Gasteiger partial charge is 0.0795 e. The lowest BCUT2D eigenvalue weighted by atomic mass is 10.2. The average molecular weight is 181 g/mol. The molecule has 1 aromatic rings. The van der Waals surface area contributed by atoms with E-state index in [-0.39, 0.29) is 8.80 Å². The van der Waals surface area contributed by atoms with Crippen LogP contribution in [0.25, 0.3) is 0 Å². The van der Waals surface area contributed by atoms with Crippen molar-refractivity contribution in [2.75, 3.05) is 0 Å². The van der Waals surface area contributed by atoms with Crippen molar-refractivity contribution in [3.63, 3.8) is 0 Å². The molecule has 1 aromatic carbocycles. The summed E-state index contributed by atoms with van der Waals surface area (Å²) in [5.74, 6) is 0.867. The molecule has 1 rings (SSSR count). The van der Waals surface area contributed by atoms with Crippen molar-refractivity contribution >= 4 is 26.6 Å². The zero-order valence-electron chi connectivity index (χ0n) is 6.96. The summed E-state index contributed by atoms with van der Waals surface area (Å²) in [5, 5.41) is 1.52. The monoisotopic (exact) mass is 181 g/mol. The van der Waals surface area contributed by atoms with Crippen LogP contribution in [0.3, 0.4) is 0 Å². The van der Waals surface area contributed by atoms with Gasteiger partial charge < -0.3 is 0 Å². The lowest BCUT2D eigenvalue weighted by molar-refractivity contribution is 1.46. The van der Waals surface area contributed by atoms with Gasteiger partial charge in [-0.05, 0) is 5.56 Å². The number of rotatable bonds is 2. The van der Waals surface area contributed by atoms with E-state index in [1.54, 1.807) is 0 Å². The third kappa shape index (κ3) is 2.11. The van der Waals surface area contributed by atoms with Crippen LogP contribution in [-0.2, 0) is 5.75 Å². The van der Waals surface area contributed by atoms with Gasteiger partial charge in [0, 0.05) is 5.75 Å². The molecule has 2 heteroatoms. The van der Waals surface area contributed by atoms with E-state index in [0.717, 1.165) is 5.75 Å². The zero-order chi connectivity index (χ0) is 8.27. The molecule has 0 aliphatic carbocycles. The molecule has 0 unspecified atom stereocenters. The van der Waals surface area contributed by atoms with Crippen LogP contribution in [0, 0.1) is 0 Å². The summed E-state index contributed by atoms with van der Waals surface area (Å²) >= 11 is 4.29. The molecule has 0 N–H and O–H groups in total. The SMILES string of the molecule is C[Si](C)c1ccccc1CS. The first-order valence-electron chi connectivity index (χ1n) is 3.75. The Balaban J connectivity index is 3.02. The Hall–Kier alpha value is -0.213. The van der Waals surface area contributed by atoms with Crippen LogP contribution in [0.5, 0.6) is 0 Å². The Morgan fingerprint density at radius 2 is 1.91 bits per heavy atom. The summed E-state index contributed by atoms with van der Waals surface area (Å²) in [6, 6.07) is 8.58. The second kappa shape index (κ2) is 3.98. The van der Waals surface area contributed by atoms with E-state index in [1.165, 1.54) is 10.8 Å². The van der Waals surface area contributed by atoms with Gasteiger partial charge in [0.15, 0.2) is 0 Å². The topological polar surface area (TPSA) is 0 Å². The summed E-state index contributed by atoms with van der Waals surface area (Å²) in [5.41, 5.74) is 1.40. The minimum absolute atomic E-state index is 0.303. The summed E-state index contributed by atoms with van der Waals surface area (Å²) in [7, 11) is -0.303. The van der Waals surface area contributed by atoms with Gasteiger partial charge >= 0.3 is 0 Å². The molecule has 59 valence electrons. The number of hydrogen-bond donors (Lipinski definition) is 1. The van der Waals surface area contributed by atoms with Gasteiger partial charge in [-0.25, -0.2) is 0 Å². The first kappa shape index (κ1) is 8.88. The van der Waals surface area contributed by atoms with Crippen LogP contribution in [-0.4, -0.2) is 8.80 Å². The minimum atomic E-state index is -0.303. The van der Waals surface area contributed by atoms with Crippen molar-refractivity contribution in [1.82, 2.24) is 0 Å². The zero-order valence-corrected chi connectivity index (χ0v) is 8.86. The highest BCUT2D eigenvalue weighted by atomic mass is 32.1. The lowest BCUT2D eigenvalue weighted by Gasteiger charge is -2.08. The predicted molar refractivity (Wildman–Crippen MR) is 56.2 cm³/mol. The summed E-state index contributed by atoms with van der Waals surface area (Å²) in [4.78, 5) is 0. The standard InChI is InChI=1S/C9H13SSi/c1-11(2)9-6-4-3-5-8(9)7-10/h3-6,10H,7H2,1-2H3. The number of hydrogen-bond acceptors (Lipinski definition) is 1. The van der Waals surface area contributed by atoms with Crippen molar-refractivity contribution in [3.8, 4) is 0 Å². The van der Waals surface area contributed by atoms with Crippen LogP contribution in [0.15, 0.2) is 24.3 Å². The molecular formula is C9H13SSi. The molecule has 0 spiro atoms. The van der Waals surface area contributed by atoms with Gasteiger partial charge in [0.2, 0.25) is 0 Å². The lowest BCUT2D eigenvalue weighted by Crippen LogP contribution is -2.25. The van der Waals surface area contributed by atoms with Crippen molar-refractivity contribution in [2.24, 2.45) is 0 Å². The summed E-state index contributed by atoms with van der Waals surface area (Å²) in [6.07, 6.45) is 0. The van der Waals surface area contributed by atoms with Gasteiger partial charge in [0.1, 0.15) is 0 Å². The van der Waals surface area contributed by atoms with Crippen molar-refractivity contribution in [3.05, 3.63) is 29.8 Å². The number of thiol groups is 1. The number of benzene rings is 1. The Kier molecular flexibility index (Phi) is 3.21. The highest BCUT2D eigenvalue weighted by Gasteiger charge is 2.04. The highest BCUT2D eigenvalue weighted by Crippen LogP contribution is 2.01. The molecule has 11 heavy (non-hydrogen) atoms. The maximum atomic E-state index is 4.29. The fourth-order valence-corrected chi connectivity index (χ4v) is 2.81. The second-order valence-corrected chi connectivity index (χ2v) is 5.67. The Morgan fingerprint density at radius 1 is 1.27 bits per heavy atom. The average Bonchev–Trinajstić information content (AvgIpc) is 2.04. The quantitative estimate of drug-likeness (QED) is 0.524. The first-order valence-corrected chi connectivity index (χ1v) is 6.88. The predicted octanol–water partition coefficient (Wildman–Crippen LogP) is 2.08. The van der Waals surface area contributed by atoms with Crippen molar-refractivity contribution in [1.29, 1.82) is 0 Å². The van der Waals surface area contributed by atoms with Crippen LogP contribution < -0.4 is 5.19 Å². The summed E-state index contributed by atoms with van der Waals surface area (Å²) in [6.45, 7) is 4.62. The third-order valence-corrected chi connectivity index (χ3v) is 3.63. The van der Waals surface area contributed by atoms with Crippen molar-refractivity contribution < 1.29 is 0 Å². The maximum Gasteiger partial charge on any atom is 0.0795 e. The molecular weight excluding hydrogens is 168 g/mol. The van der Waals surface area contributed by atoms with Crippen LogP contribution in [0.2, 0.25) is 13.1 Å². The van der Waals surface area contributed by atoms with E-state index < -0.39 is 0 Å². The van der Waals surface area contributed by atoms with Gasteiger partial charge in [-0.1, -0.05) is 42.5 Å². The van der Waals surface area contributed by atoms with E-state index >= 15 is 0 Å². The molecule has 0 saturated carbocycles. The van der Waals surface area contributed by atoms with Gasteiger partial charge in [-0.2, -0.15) is 12.6 Å². The molecule has 0 saturated heterocycles. The normalized spacial score (nSPS) is 10.5. The van der Waals surface area contributed by atoms with Gasteiger partial charge in [-0.15, -0.1) is 0 Å². The fourth-order valence-electron chi connectivity index (χ4n) is 1.15. The van der Waals surface area contributed by atoms with Crippen LogP contribution >= 0.6 is 12.6 Å². The second-order valence-electron chi connectivity index (χ2n) is 2.82. The van der Waals surface area contributed by atoms with E-state index in [2.05, 4.69) is 50.0 Å². The molecule has 0 aliphatic heterocycles. The van der Waals surface area contributed by atoms with Gasteiger partial charge in [0.25, 0.3) is 0 Å². The maximum absolute atomic E-state index is 4.29. The molecule has 0 aliphatic rings. The highest BCUT2D eigenvalue weighted by molar-refractivity contribution is 7.79. The minimum Gasteiger partial charge on any atom is -0.175 e. The van der Waals surface area contributed by atoms with Gasteiger partial charge in [0.05, 0.1) is 8.80 Å². The third-order valence-electron chi connectivity index (χ3n) is 1.73. The Labute approximate surface area is 75.7 Å². The Bertz CT molecular complexity index is 233. The van der Waals surface area contributed by atoms with E-state index in [4.69, 9.17) is 0 Å². The van der Waals surface area contributed by atoms with Gasteiger partial charge in [-0.3, -0.25) is 0 Å². The van der Waals surface area contributed by atoms with E-state index in [1.807, 2.05) is 0 Å². The first-order chi connectivity index (χ1) is 5.25. The largest absolute Gasteiger partial charge is 0.175 e. The molecule has 0 amide bonds. The van der Waals surface area contributed by atoms with E-state index in [9.17, 15) is 0 Å². The summed E-state index contributed by atoms with van der Waals surface area (Å²) < 4.78 is 0. The molecule has 0 atom stereocenters. The molecule has 0 nitrogen and oxygen atoms in total. The Morgan fingerprint density at radius 3 is 2.36 bits per heavy atom. The molecule has 0 bridgehead atoms. The molecule has 0 fully saturated rings.